The second kappa shape index (κ2) is 17.2. The van der Waals surface area contributed by atoms with Crippen molar-refractivity contribution in [1.82, 2.24) is 4.90 Å². The molecular weight excluding hydrogens is 385 g/mol. The van der Waals surface area contributed by atoms with E-state index in [1.165, 1.54) is 5.56 Å². The first kappa shape index (κ1) is 32.4. The van der Waals surface area contributed by atoms with Gasteiger partial charge in [-0.25, -0.2) is 0 Å². The van der Waals surface area contributed by atoms with E-state index >= 15 is 0 Å². The number of β-amino-alcohol motifs (C(OH)–C–C–N with tert-alkyl or cyclic N) is 1. The van der Waals surface area contributed by atoms with Crippen LogP contribution in [-0.4, -0.2) is 35.2 Å². The maximum absolute atomic E-state index is 9.29. The molecule has 1 aromatic rings. The van der Waals surface area contributed by atoms with Crippen molar-refractivity contribution >= 4 is 0 Å². The molecule has 1 atom stereocenters. The van der Waals surface area contributed by atoms with Gasteiger partial charge in [0, 0.05) is 45.3 Å². The van der Waals surface area contributed by atoms with Gasteiger partial charge in [-0.15, -0.1) is 0 Å². The maximum Gasteiger partial charge on any atom is 0.0991 e. The number of nitriles is 1. The molecule has 0 saturated carbocycles. The molecule has 1 heterocycles. The number of nitrogens with zero attached hydrogens (tertiary/aromatic N) is 2. The Bertz CT molecular complexity index is 469. The number of likely N-dealkylation sites (tertiary alicyclic amines) is 1. The Hall–Kier alpha value is -0.266. The zero-order valence-corrected chi connectivity index (χ0v) is 17.1. The second-order valence-corrected chi connectivity index (χ2v) is 6.28. The molecule has 1 aliphatic rings. The Morgan fingerprint density at radius 2 is 1.76 bits per heavy atom. The molecule has 0 bridgehead atoms. The minimum Gasteiger partial charge on any atom is -0.392 e. The summed E-state index contributed by atoms with van der Waals surface area (Å²) in [5.74, 6) is 0.503. The number of aliphatic hydroxyl groups excluding tert-OH is 1. The van der Waals surface area contributed by atoms with E-state index in [9.17, 15) is 5.11 Å². The SMILES string of the molecule is C.C.C.CC(C)N1CCCC(O)C1.CC(C)c1cccc(C#N)c1.[Y]. The molecular formula is C21H40N2OY. The van der Waals surface area contributed by atoms with Gasteiger partial charge in [-0.3, -0.25) is 4.90 Å². The molecule has 2 rings (SSSR count). The minimum atomic E-state index is -0.0730. The second-order valence-electron chi connectivity index (χ2n) is 6.28. The Kier molecular flexibility index (Phi) is 22.2. The summed E-state index contributed by atoms with van der Waals surface area (Å²) in [7, 11) is 0. The quantitative estimate of drug-likeness (QED) is 0.687. The normalized spacial score (nSPS) is 16.0. The molecule has 1 radical (unpaired) electrons. The average Bonchev–Trinajstić information content (AvgIpc) is 2.48. The fraction of sp³-hybridized carbons (Fsp3) is 0.667. The van der Waals surface area contributed by atoms with Gasteiger partial charge in [0.05, 0.1) is 17.7 Å². The summed E-state index contributed by atoms with van der Waals surface area (Å²) in [6.45, 7) is 10.6. The Balaban J connectivity index is -0.000000152. The van der Waals surface area contributed by atoms with Crippen molar-refractivity contribution in [1.29, 1.82) is 5.26 Å². The number of benzene rings is 1. The van der Waals surface area contributed by atoms with Crippen molar-refractivity contribution in [2.45, 2.75) is 80.9 Å². The van der Waals surface area contributed by atoms with Gasteiger partial charge in [0.15, 0.2) is 0 Å². The van der Waals surface area contributed by atoms with Crippen molar-refractivity contribution in [2.75, 3.05) is 13.1 Å². The summed E-state index contributed by atoms with van der Waals surface area (Å²) in [5.41, 5.74) is 1.97. The molecule has 1 unspecified atom stereocenters. The first-order chi connectivity index (χ1) is 9.93. The summed E-state index contributed by atoms with van der Waals surface area (Å²) in [6, 6.07) is 10.4. The third-order valence-electron chi connectivity index (χ3n) is 3.84. The number of hydrogen-bond donors (Lipinski definition) is 1. The van der Waals surface area contributed by atoms with Gasteiger partial charge < -0.3 is 5.11 Å². The van der Waals surface area contributed by atoms with E-state index in [-0.39, 0.29) is 61.1 Å². The van der Waals surface area contributed by atoms with Crippen LogP contribution in [0.3, 0.4) is 0 Å². The van der Waals surface area contributed by atoms with Crippen LogP contribution in [-0.2, 0) is 32.7 Å². The predicted molar refractivity (Wildman–Crippen MR) is 107 cm³/mol. The number of piperidine rings is 1. The number of aliphatic hydroxyl groups is 1. The molecule has 1 aliphatic heterocycles. The van der Waals surface area contributed by atoms with E-state index in [1.54, 1.807) is 0 Å². The third-order valence-corrected chi connectivity index (χ3v) is 3.84. The molecule has 143 valence electrons. The number of rotatable bonds is 2. The molecule has 0 amide bonds. The summed E-state index contributed by atoms with van der Waals surface area (Å²) in [6.07, 6.45) is 2.07. The summed E-state index contributed by atoms with van der Waals surface area (Å²) in [5, 5.41) is 17.9. The van der Waals surface area contributed by atoms with E-state index in [1.807, 2.05) is 24.3 Å². The van der Waals surface area contributed by atoms with Crippen LogP contribution < -0.4 is 0 Å². The molecule has 0 aliphatic carbocycles. The van der Waals surface area contributed by atoms with Crippen molar-refractivity contribution < 1.29 is 37.8 Å². The molecule has 3 nitrogen and oxygen atoms in total. The monoisotopic (exact) mass is 425 g/mol. The van der Waals surface area contributed by atoms with E-state index in [0.29, 0.717) is 12.0 Å². The van der Waals surface area contributed by atoms with Crippen LogP contribution in [0.25, 0.3) is 0 Å². The fourth-order valence-electron chi connectivity index (χ4n) is 2.42. The average molecular weight is 425 g/mol. The van der Waals surface area contributed by atoms with Crippen LogP contribution in [0, 0.1) is 11.3 Å². The third kappa shape index (κ3) is 12.7. The molecule has 0 spiro atoms. The van der Waals surface area contributed by atoms with E-state index in [4.69, 9.17) is 5.26 Å². The van der Waals surface area contributed by atoms with Gasteiger partial charge >= 0.3 is 0 Å². The minimum absolute atomic E-state index is 0. The molecule has 25 heavy (non-hydrogen) atoms. The molecule has 1 fully saturated rings. The van der Waals surface area contributed by atoms with Crippen molar-refractivity contribution in [2.24, 2.45) is 0 Å². The fourth-order valence-corrected chi connectivity index (χ4v) is 2.42. The Labute approximate surface area is 182 Å². The Morgan fingerprint density at radius 1 is 1.16 bits per heavy atom. The first-order valence-electron chi connectivity index (χ1n) is 7.86. The standard InChI is InChI=1S/C10H11N.C8H17NO.3CH4.Y/c1-8(2)10-5-3-4-9(6-10)7-11;1-7(2)9-5-3-4-8(10)6-9;;;;/h3-6,8H,1-2H3;7-8,10H,3-6H2,1-2H3;3*1H4;. The van der Waals surface area contributed by atoms with Gasteiger partial charge in [0.25, 0.3) is 0 Å². The van der Waals surface area contributed by atoms with Crippen molar-refractivity contribution in [3.63, 3.8) is 0 Å². The van der Waals surface area contributed by atoms with Gasteiger partial charge in [-0.1, -0.05) is 48.3 Å². The van der Waals surface area contributed by atoms with Gasteiger partial charge in [0.1, 0.15) is 0 Å². The zero-order valence-electron chi connectivity index (χ0n) is 14.3. The topological polar surface area (TPSA) is 47.3 Å². The summed E-state index contributed by atoms with van der Waals surface area (Å²) in [4.78, 5) is 2.33. The van der Waals surface area contributed by atoms with Crippen LogP contribution in [0.5, 0.6) is 0 Å². The van der Waals surface area contributed by atoms with Crippen LogP contribution >= 0.6 is 0 Å². The first-order valence-corrected chi connectivity index (χ1v) is 7.86. The van der Waals surface area contributed by atoms with Gasteiger partial charge in [0.2, 0.25) is 0 Å². The summed E-state index contributed by atoms with van der Waals surface area (Å²) >= 11 is 0. The summed E-state index contributed by atoms with van der Waals surface area (Å²) < 4.78 is 0. The van der Waals surface area contributed by atoms with Crippen LogP contribution in [0.15, 0.2) is 24.3 Å². The largest absolute Gasteiger partial charge is 0.392 e. The van der Waals surface area contributed by atoms with E-state index < -0.39 is 0 Å². The van der Waals surface area contributed by atoms with Crippen molar-refractivity contribution in [3.8, 4) is 6.07 Å². The zero-order chi connectivity index (χ0) is 15.8. The Morgan fingerprint density at radius 3 is 2.16 bits per heavy atom. The molecule has 0 aromatic heterocycles. The molecule has 1 N–H and O–H groups in total. The van der Waals surface area contributed by atoms with Gasteiger partial charge in [-0.05, 0) is 56.8 Å². The van der Waals surface area contributed by atoms with Crippen molar-refractivity contribution in [3.05, 3.63) is 35.4 Å². The van der Waals surface area contributed by atoms with Gasteiger partial charge in [-0.2, -0.15) is 5.26 Å². The van der Waals surface area contributed by atoms with Crippen LogP contribution in [0.2, 0.25) is 0 Å². The molecule has 1 aromatic carbocycles. The van der Waals surface area contributed by atoms with Crippen LogP contribution in [0.1, 0.15) is 79.9 Å². The van der Waals surface area contributed by atoms with E-state index in [0.717, 1.165) is 31.5 Å². The maximum atomic E-state index is 9.29. The smallest absolute Gasteiger partial charge is 0.0991 e. The predicted octanol–water partition coefficient (Wildman–Crippen LogP) is 5.44. The molecule has 1 saturated heterocycles. The number of hydrogen-bond acceptors (Lipinski definition) is 3. The molecule has 4 heteroatoms. The van der Waals surface area contributed by atoms with E-state index in [2.05, 4.69) is 38.7 Å². The van der Waals surface area contributed by atoms with Crippen LogP contribution in [0.4, 0.5) is 0 Å².